The second-order valence-electron chi connectivity index (χ2n) is 13.2. The highest BCUT2D eigenvalue weighted by atomic mass is 32.2. The van der Waals surface area contributed by atoms with Gasteiger partial charge >= 0.3 is 0 Å². The second-order valence-corrected chi connectivity index (χ2v) is 17.6. The lowest BCUT2D eigenvalue weighted by atomic mass is 10.1. The molecular formula is C42H40N8O2S4. The van der Waals surface area contributed by atoms with E-state index < -0.39 is 10.00 Å². The minimum absolute atomic E-state index is 0.103. The SMILES string of the molecule is CCn1c(SC(CC=Cc2ccc(Cn3c(SC(C)(C)C(=O)Nc4ccccc4)nnc3-c3ccsc3)cc2)C(=O)Nc2ccccc2)nnc1-c1ccsc1. The van der Waals surface area contributed by atoms with E-state index in [2.05, 4.69) is 82.1 Å². The highest BCUT2D eigenvalue weighted by Gasteiger charge is 2.32. The van der Waals surface area contributed by atoms with Crippen molar-refractivity contribution in [2.24, 2.45) is 0 Å². The van der Waals surface area contributed by atoms with Crippen LogP contribution in [0.25, 0.3) is 28.9 Å². The standard InChI is InChI=1S/C42H40N8O2S4/c1-4-49-36(31-22-24-53-27-31)45-47-40(49)55-35(38(51)43-33-13-7-5-8-14-33)17-11-12-29-18-20-30(21-19-29)26-50-37(32-23-25-54-28-32)46-48-41(50)56-42(2,3)39(52)44-34-15-9-6-10-16-34/h5-16,18-25,27-28,35H,4,17,26H2,1-3H3,(H,43,51)(H,44,52). The summed E-state index contributed by atoms with van der Waals surface area (Å²) >= 11 is 6.02. The maximum atomic E-state index is 13.7. The summed E-state index contributed by atoms with van der Waals surface area (Å²) in [6.07, 6.45) is 4.56. The summed E-state index contributed by atoms with van der Waals surface area (Å²) in [6.45, 7) is 7.05. The number of aromatic nitrogens is 6. The lowest BCUT2D eigenvalue weighted by molar-refractivity contribution is -0.118. The molecule has 4 heterocycles. The van der Waals surface area contributed by atoms with Gasteiger partial charge in [-0.2, -0.15) is 22.7 Å². The van der Waals surface area contributed by atoms with Gasteiger partial charge in [0.2, 0.25) is 11.8 Å². The fourth-order valence-electron chi connectivity index (χ4n) is 5.78. The van der Waals surface area contributed by atoms with Crippen LogP contribution in [0.4, 0.5) is 11.4 Å². The van der Waals surface area contributed by atoms with Gasteiger partial charge in [0.1, 0.15) is 0 Å². The van der Waals surface area contributed by atoms with E-state index in [0.717, 1.165) is 45.3 Å². The van der Waals surface area contributed by atoms with Gasteiger partial charge in [0.05, 0.1) is 16.5 Å². The predicted molar refractivity (Wildman–Crippen MR) is 231 cm³/mol. The van der Waals surface area contributed by atoms with Crippen LogP contribution in [-0.2, 0) is 22.7 Å². The van der Waals surface area contributed by atoms with E-state index in [0.29, 0.717) is 29.8 Å². The summed E-state index contributed by atoms with van der Waals surface area (Å²) < 4.78 is 3.30. The van der Waals surface area contributed by atoms with Gasteiger partial charge in [0.15, 0.2) is 22.0 Å². The average molecular weight is 817 g/mol. The Morgan fingerprint density at radius 1 is 0.750 bits per heavy atom. The first kappa shape index (κ1) is 39.0. The summed E-state index contributed by atoms with van der Waals surface area (Å²) in [5.41, 5.74) is 5.55. The molecule has 0 aliphatic carbocycles. The van der Waals surface area contributed by atoms with E-state index in [4.69, 9.17) is 0 Å². The molecule has 7 rings (SSSR count). The molecule has 2 N–H and O–H groups in total. The molecule has 3 aromatic carbocycles. The van der Waals surface area contributed by atoms with E-state index in [1.807, 2.05) is 110 Å². The number of rotatable bonds is 16. The van der Waals surface area contributed by atoms with Crippen molar-refractivity contribution >= 4 is 75.5 Å². The maximum Gasteiger partial charge on any atom is 0.240 e. The van der Waals surface area contributed by atoms with Gasteiger partial charge in [-0.25, -0.2) is 0 Å². The van der Waals surface area contributed by atoms with Gasteiger partial charge < -0.3 is 15.2 Å². The number of anilines is 2. The van der Waals surface area contributed by atoms with Crippen LogP contribution in [0.2, 0.25) is 0 Å². The van der Waals surface area contributed by atoms with E-state index in [9.17, 15) is 9.59 Å². The van der Waals surface area contributed by atoms with Crippen LogP contribution < -0.4 is 10.6 Å². The van der Waals surface area contributed by atoms with Crippen molar-refractivity contribution in [3.05, 3.63) is 136 Å². The van der Waals surface area contributed by atoms with E-state index in [-0.39, 0.29) is 11.8 Å². The molecule has 1 atom stereocenters. The zero-order valence-corrected chi connectivity index (χ0v) is 34.3. The topological polar surface area (TPSA) is 120 Å². The Bertz CT molecular complexity index is 2370. The number of hydrogen-bond donors (Lipinski definition) is 2. The molecule has 0 saturated carbocycles. The number of nitrogens with zero attached hydrogens (tertiary/aromatic N) is 6. The summed E-state index contributed by atoms with van der Waals surface area (Å²) in [7, 11) is 0. The van der Waals surface area contributed by atoms with Gasteiger partial charge in [0, 0.05) is 39.8 Å². The summed E-state index contributed by atoms with van der Waals surface area (Å²) in [5.74, 6) is 1.32. The number of para-hydroxylation sites is 2. The first-order valence-electron chi connectivity index (χ1n) is 18.0. The van der Waals surface area contributed by atoms with Crippen molar-refractivity contribution in [1.29, 1.82) is 0 Å². The number of carbonyl (C=O) groups is 2. The Morgan fingerprint density at radius 2 is 1.34 bits per heavy atom. The van der Waals surface area contributed by atoms with Crippen molar-refractivity contribution in [1.82, 2.24) is 29.5 Å². The Kier molecular flexibility index (Phi) is 12.6. The first-order chi connectivity index (χ1) is 27.3. The van der Waals surface area contributed by atoms with Crippen LogP contribution in [0.5, 0.6) is 0 Å². The lowest BCUT2D eigenvalue weighted by Gasteiger charge is -2.23. The van der Waals surface area contributed by atoms with Crippen molar-refractivity contribution in [3.63, 3.8) is 0 Å². The van der Waals surface area contributed by atoms with Gasteiger partial charge in [-0.15, -0.1) is 20.4 Å². The molecule has 2 amide bonds. The monoisotopic (exact) mass is 816 g/mol. The number of thiophene rings is 2. The maximum absolute atomic E-state index is 13.7. The summed E-state index contributed by atoms with van der Waals surface area (Å²) in [4.78, 5) is 27.0. The molecule has 56 heavy (non-hydrogen) atoms. The molecule has 284 valence electrons. The summed E-state index contributed by atoms with van der Waals surface area (Å²) in [6, 6.07) is 31.3. The third-order valence-corrected chi connectivity index (χ3v) is 12.5. The highest BCUT2D eigenvalue weighted by Crippen LogP contribution is 2.36. The van der Waals surface area contributed by atoms with Crippen LogP contribution in [0, 0.1) is 0 Å². The fraction of sp³-hybridized carbons (Fsp3) is 0.190. The molecule has 1 unspecified atom stereocenters. The molecule has 0 saturated heterocycles. The third-order valence-electron chi connectivity index (χ3n) is 8.80. The number of benzene rings is 3. The number of allylic oxidation sites excluding steroid dienone is 1. The Hall–Kier alpha value is -5.28. The molecular weight excluding hydrogens is 777 g/mol. The minimum Gasteiger partial charge on any atom is -0.325 e. The number of carbonyl (C=O) groups excluding carboxylic acids is 2. The zero-order chi connectivity index (χ0) is 38.9. The molecule has 7 aromatic rings. The van der Waals surface area contributed by atoms with Crippen molar-refractivity contribution < 1.29 is 9.59 Å². The Morgan fingerprint density at radius 3 is 1.93 bits per heavy atom. The van der Waals surface area contributed by atoms with Crippen LogP contribution in [-0.4, -0.2) is 51.3 Å². The Labute approximate surface area is 342 Å². The molecule has 0 aliphatic heterocycles. The average Bonchev–Trinajstić information content (AvgIpc) is 4.05. The quantitative estimate of drug-likeness (QED) is 0.0926. The van der Waals surface area contributed by atoms with E-state index in [1.165, 1.54) is 23.5 Å². The number of hydrogen-bond acceptors (Lipinski definition) is 10. The zero-order valence-electron chi connectivity index (χ0n) is 31.0. The Balaban J connectivity index is 1.07. The smallest absolute Gasteiger partial charge is 0.240 e. The van der Waals surface area contributed by atoms with Crippen molar-refractivity contribution in [2.75, 3.05) is 10.6 Å². The minimum atomic E-state index is -0.826. The van der Waals surface area contributed by atoms with Gasteiger partial charge in [0.25, 0.3) is 0 Å². The van der Waals surface area contributed by atoms with Gasteiger partial charge in [-0.3, -0.25) is 14.2 Å². The summed E-state index contributed by atoms with van der Waals surface area (Å²) in [5, 5.41) is 33.3. The lowest BCUT2D eigenvalue weighted by Crippen LogP contribution is -2.34. The van der Waals surface area contributed by atoms with Crippen LogP contribution >= 0.6 is 46.2 Å². The van der Waals surface area contributed by atoms with Gasteiger partial charge in [-0.1, -0.05) is 96.3 Å². The van der Waals surface area contributed by atoms with Gasteiger partial charge in [-0.05, 0) is 85.5 Å². The largest absolute Gasteiger partial charge is 0.325 e. The number of thioether (sulfide) groups is 2. The molecule has 4 aromatic heterocycles. The molecule has 0 radical (unpaired) electrons. The van der Waals surface area contributed by atoms with Crippen molar-refractivity contribution in [3.8, 4) is 22.8 Å². The number of nitrogens with one attached hydrogen (secondary N) is 2. The molecule has 14 heteroatoms. The molecule has 0 bridgehead atoms. The van der Waals surface area contributed by atoms with E-state index >= 15 is 0 Å². The highest BCUT2D eigenvalue weighted by molar-refractivity contribution is 8.01. The first-order valence-corrected chi connectivity index (χ1v) is 21.6. The van der Waals surface area contributed by atoms with Crippen LogP contribution in [0.1, 0.15) is 38.3 Å². The molecule has 10 nitrogen and oxygen atoms in total. The molecule has 0 fully saturated rings. The third kappa shape index (κ3) is 9.56. The van der Waals surface area contributed by atoms with Crippen LogP contribution in [0.15, 0.2) is 135 Å². The molecule has 0 spiro atoms. The molecule has 0 aliphatic rings. The normalized spacial score (nSPS) is 12.2. The predicted octanol–water partition coefficient (Wildman–Crippen LogP) is 10.1. The fourth-order valence-corrected chi connectivity index (χ4v) is 9.05. The van der Waals surface area contributed by atoms with E-state index in [1.54, 1.807) is 22.7 Å². The second kappa shape index (κ2) is 18.1. The van der Waals surface area contributed by atoms with Crippen LogP contribution in [0.3, 0.4) is 0 Å². The van der Waals surface area contributed by atoms with Crippen molar-refractivity contribution in [2.45, 2.75) is 60.6 Å². The number of amides is 2.